The zero-order valence-electron chi connectivity index (χ0n) is 12.2. The molecule has 0 atom stereocenters. The molecule has 3 aromatic heterocycles. The van der Waals surface area contributed by atoms with Gasteiger partial charge in [0.05, 0.1) is 10.2 Å². The van der Waals surface area contributed by atoms with Crippen LogP contribution < -0.4 is 4.72 Å². The summed E-state index contributed by atoms with van der Waals surface area (Å²) in [6, 6.07) is 3.54. The number of aromatic nitrogens is 4. The fraction of sp³-hybridized carbons (Fsp3) is 0.357. The van der Waals surface area contributed by atoms with Crippen molar-refractivity contribution in [2.75, 3.05) is 0 Å². The Morgan fingerprint density at radius 3 is 3.04 bits per heavy atom. The number of nitrogens with zero attached hydrogens (tertiary/aromatic N) is 4. The summed E-state index contributed by atoms with van der Waals surface area (Å²) >= 11 is 1.49. The van der Waals surface area contributed by atoms with Gasteiger partial charge in [-0.15, -0.1) is 11.3 Å². The van der Waals surface area contributed by atoms with E-state index < -0.39 is 10.0 Å². The summed E-state index contributed by atoms with van der Waals surface area (Å²) in [5.74, 6) is 0.433. The second kappa shape index (κ2) is 5.66. The zero-order valence-corrected chi connectivity index (χ0v) is 13.8. The van der Waals surface area contributed by atoms with Gasteiger partial charge < -0.3 is 0 Å². The molecular weight excluding hydrogens is 334 g/mol. The molecule has 7 nitrogen and oxygen atoms in total. The molecule has 0 radical (unpaired) electrons. The molecule has 0 aliphatic heterocycles. The van der Waals surface area contributed by atoms with Crippen LogP contribution >= 0.6 is 11.3 Å². The molecule has 1 fully saturated rings. The Hall–Kier alpha value is -1.84. The topological polar surface area (TPSA) is 89.8 Å². The van der Waals surface area contributed by atoms with Gasteiger partial charge in [0.25, 0.3) is 0 Å². The second-order valence-electron chi connectivity index (χ2n) is 5.75. The molecule has 0 unspecified atom stereocenters. The molecule has 0 aromatic carbocycles. The van der Waals surface area contributed by atoms with Crippen molar-refractivity contribution in [2.45, 2.75) is 30.3 Å². The molecular formula is C14H15N5O2S2. The van der Waals surface area contributed by atoms with Gasteiger partial charge in [-0.05, 0) is 36.3 Å². The largest absolute Gasteiger partial charge is 0.254 e. The molecule has 0 bridgehead atoms. The lowest BCUT2D eigenvalue weighted by Gasteiger charge is -2.35. The zero-order chi connectivity index (χ0) is 15.9. The predicted octanol–water partition coefficient (Wildman–Crippen LogP) is 1.64. The average Bonchev–Trinajstić information content (AvgIpc) is 3.15. The molecule has 23 heavy (non-hydrogen) atoms. The van der Waals surface area contributed by atoms with Crippen molar-refractivity contribution in [1.82, 2.24) is 24.5 Å². The van der Waals surface area contributed by atoms with Gasteiger partial charge in [0.15, 0.2) is 0 Å². The molecule has 0 spiro atoms. The van der Waals surface area contributed by atoms with E-state index in [2.05, 4.69) is 19.8 Å². The highest BCUT2D eigenvalue weighted by Gasteiger charge is 2.33. The molecule has 3 heterocycles. The minimum atomic E-state index is -3.52. The normalized spacial score (nSPS) is 21.4. The summed E-state index contributed by atoms with van der Waals surface area (Å²) in [5, 5.41) is 5.97. The van der Waals surface area contributed by atoms with Gasteiger partial charge in [-0.3, -0.25) is 9.67 Å². The SMILES string of the molecule is O=S(=O)(NC1CC(Cn2cncn2)C1)c1cnc2ccsc2c1. The summed E-state index contributed by atoms with van der Waals surface area (Å²) in [5.41, 5.74) is 0.825. The van der Waals surface area contributed by atoms with E-state index in [9.17, 15) is 8.42 Å². The number of hydrogen-bond acceptors (Lipinski definition) is 6. The van der Waals surface area contributed by atoms with E-state index in [0.29, 0.717) is 5.92 Å². The molecule has 120 valence electrons. The summed E-state index contributed by atoms with van der Waals surface area (Å²) in [6.07, 6.45) is 6.23. The predicted molar refractivity (Wildman–Crippen MR) is 86.5 cm³/mol. The van der Waals surface area contributed by atoms with Crippen LogP contribution in [0.1, 0.15) is 12.8 Å². The Kier molecular flexibility index (Phi) is 3.63. The quantitative estimate of drug-likeness (QED) is 0.756. The molecule has 1 N–H and O–H groups in total. The first-order valence-electron chi connectivity index (χ1n) is 7.28. The van der Waals surface area contributed by atoms with Crippen molar-refractivity contribution in [3.05, 3.63) is 36.4 Å². The number of pyridine rings is 1. The van der Waals surface area contributed by atoms with E-state index in [-0.39, 0.29) is 10.9 Å². The molecule has 3 aromatic rings. The summed E-state index contributed by atoms with van der Waals surface area (Å²) < 4.78 is 30.3. The minimum absolute atomic E-state index is 0.0208. The van der Waals surface area contributed by atoms with Crippen LogP contribution in [0.4, 0.5) is 0 Å². The third-order valence-corrected chi connectivity index (χ3v) is 6.40. The van der Waals surface area contributed by atoms with Crippen LogP contribution in [-0.2, 0) is 16.6 Å². The Balaban J connectivity index is 1.40. The first kappa shape index (κ1) is 14.7. The summed E-state index contributed by atoms with van der Waals surface area (Å²) in [6.45, 7) is 0.779. The molecule has 1 saturated carbocycles. The van der Waals surface area contributed by atoms with Gasteiger partial charge >= 0.3 is 0 Å². The summed E-state index contributed by atoms with van der Waals surface area (Å²) in [4.78, 5) is 8.33. The lowest BCUT2D eigenvalue weighted by atomic mass is 9.81. The van der Waals surface area contributed by atoms with Crippen LogP contribution in [0.2, 0.25) is 0 Å². The Morgan fingerprint density at radius 2 is 2.26 bits per heavy atom. The maximum absolute atomic E-state index is 12.5. The first-order chi connectivity index (χ1) is 11.1. The molecule has 0 amide bonds. The van der Waals surface area contributed by atoms with Crippen LogP contribution in [0.25, 0.3) is 10.2 Å². The van der Waals surface area contributed by atoms with Crippen LogP contribution in [0.5, 0.6) is 0 Å². The van der Waals surface area contributed by atoms with Crippen molar-refractivity contribution < 1.29 is 8.42 Å². The highest BCUT2D eigenvalue weighted by molar-refractivity contribution is 7.89. The van der Waals surface area contributed by atoms with Gasteiger partial charge in [-0.2, -0.15) is 5.10 Å². The maximum atomic E-state index is 12.5. The van der Waals surface area contributed by atoms with Gasteiger partial charge in [0, 0.05) is 18.8 Å². The van der Waals surface area contributed by atoms with Crippen LogP contribution in [0, 0.1) is 5.92 Å². The number of fused-ring (bicyclic) bond motifs is 1. The van der Waals surface area contributed by atoms with E-state index in [1.807, 2.05) is 11.4 Å². The monoisotopic (exact) mass is 349 g/mol. The average molecular weight is 349 g/mol. The van der Waals surface area contributed by atoms with Gasteiger partial charge in [0.2, 0.25) is 10.0 Å². The number of nitrogens with one attached hydrogen (secondary N) is 1. The number of sulfonamides is 1. The standard InChI is InChI=1S/C14H15N5O2S2/c20-23(21,12-5-14-13(16-6-12)1-2-22-14)18-11-3-10(4-11)7-19-9-15-8-17-19/h1-2,5-6,8-11,18H,3-4,7H2. The number of thiophene rings is 1. The van der Waals surface area contributed by atoms with E-state index in [1.165, 1.54) is 23.9 Å². The first-order valence-corrected chi connectivity index (χ1v) is 9.64. The van der Waals surface area contributed by atoms with Crippen molar-refractivity contribution >= 4 is 31.6 Å². The summed E-state index contributed by atoms with van der Waals surface area (Å²) in [7, 11) is -3.52. The Morgan fingerprint density at radius 1 is 1.39 bits per heavy atom. The van der Waals surface area contributed by atoms with Gasteiger partial charge in [0.1, 0.15) is 17.6 Å². The number of rotatable bonds is 5. The highest BCUT2D eigenvalue weighted by Crippen LogP contribution is 2.30. The van der Waals surface area contributed by atoms with Gasteiger partial charge in [-0.1, -0.05) is 0 Å². The molecule has 9 heteroatoms. The van der Waals surface area contributed by atoms with Gasteiger partial charge in [-0.25, -0.2) is 18.1 Å². The van der Waals surface area contributed by atoms with Crippen molar-refractivity contribution in [2.24, 2.45) is 5.92 Å². The van der Waals surface area contributed by atoms with E-state index in [1.54, 1.807) is 17.1 Å². The number of hydrogen-bond donors (Lipinski definition) is 1. The van der Waals surface area contributed by atoms with Crippen molar-refractivity contribution in [3.63, 3.8) is 0 Å². The van der Waals surface area contributed by atoms with Crippen LogP contribution in [-0.4, -0.2) is 34.2 Å². The van der Waals surface area contributed by atoms with Crippen LogP contribution in [0.3, 0.4) is 0 Å². The fourth-order valence-electron chi connectivity index (χ4n) is 2.84. The minimum Gasteiger partial charge on any atom is -0.254 e. The highest BCUT2D eigenvalue weighted by atomic mass is 32.2. The molecule has 4 rings (SSSR count). The fourth-order valence-corrected chi connectivity index (χ4v) is 4.92. The lowest BCUT2D eigenvalue weighted by Crippen LogP contribution is -2.45. The second-order valence-corrected chi connectivity index (χ2v) is 8.41. The Bertz CT molecular complexity index is 914. The molecule has 1 aliphatic rings. The Labute approximate surface area is 137 Å². The molecule has 1 aliphatic carbocycles. The molecule has 0 saturated heterocycles. The van der Waals surface area contributed by atoms with Crippen molar-refractivity contribution in [1.29, 1.82) is 0 Å². The van der Waals surface area contributed by atoms with Crippen molar-refractivity contribution in [3.8, 4) is 0 Å². The maximum Gasteiger partial charge on any atom is 0.242 e. The lowest BCUT2D eigenvalue weighted by molar-refractivity contribution is 0.213. The van der Waals surface area contributed by atoms with E-state index >= 15 is 0 Å². The van der Waals surface area contributed by atoms with Crippen LogP contribution in [0.15, 0.2) is 41.3 Å². The van der Waals surface area contributed by atoms with E-state index in [0.717, 1.165) is 29.6 Å². The third kappa shape index (κ3) is 2.99. The third-order valence-electron chi connectivity index (χ3n) is 4.06. The van der Waals surface area contributed by atoms with E-state index in [4.69, 9.17) is 0 Å². The smallest absolute Gasteiger partial charge is 0.242 e.